The second kappa shape index (κ2) is 9.89. The van der Waals surface area contributed by atoms with Crippen molar-refractivity contribution in [1.29, 1.82) is 0 Å². The first-order valence-corrected chi connectivity index (χ1v) is 10.0. The van der Waals surface area contributed by atoms with Crippen molar-refractivity contribution < 1.29 is 29.5 Å². The highest BCUT2D eigenvalue weighted by Gasteiger charge is 2.44. The Balaban J connectivity index is 1.82. The first kappa shape index (κ1) is 22.0. The third kappa shape index (κ3) is 5.09. The van der Waals surface area contributed by atoms with Crippen LogP contribution in [0.2, 0.25) is 5.02 Å². The standard InChI is InChI=1S/C22H27ClO6/c1-3-28-16-7-4-13(5-8-16)10-15-11-14(6-9-17(15)23)22-21(26)20(25)19(24)18(29-22)12-27-2/h4-9,11,18-22,24-26H,3,10,12H2,1-2H3. The summed E-state index contributed by atoms with van der Waals surface area (Å²) in [5.74, 6) is 0.812. The van der Waals surface area contributed by atoms with Gasteiger partial charge in [0.1, 0.15) is 36.3 Å². The van der Waals surface area contributed by atoms with E-state index in [4.69, 9.17) is 25.8 Å². The molecule has 0 spiro atoms. The highest BCUT2D eigenvalue weighted by Crippen LogP contribution is 2.34. The van der Waals surface area contributed by atoms with Gasteiger partial charge in [-0.3, -0.25) is 0 Å². The highest BCUT2D eigenvalue weighted by molar-refractivity contribution is 6.31. The van der Waals surface area contributed by atoms with Gasteiger partial charge in [0, 0.05) is 12.1 Å². The predicted molar refractivity (Wildman–Crippen MR) is 109 cm³/mol. The van der Waals surface area contributed by atoms with Crippen LogP contribution in [0.1, 0.15) is 29.7 Å². The number of hydrogen-bond donors (Lipinski definition) is 3. The van der Waals surface area contributed by atoms with Crippen LogP contribution < -0.4 is 4.74 Å². The first-order chi connectivity index (χ1) is 13.9. The molecule has 0 saturated carbocycles. The van der Waals surface area contributed by atoms with Crippen molar-refractivity contribution in [2.45, 2.75) is 43.9 Å². The summed E-state index contributed by atoms with van der Waals surface area (Å²) in [7, 11) is 1.49. The van der Waals surface area contributed by atoms with Gasteiger partial charge in [-0.15, -0.1) is 0 Å². The second-order valence-corrected chi connectivity index (χ2v) is 7.53. The number of methoxy groups -OCH3 is 1. The van der Waals surface area contributed by atoms with E-state index in [0.717, 1.165) is 16.9 Å². The van der Waals surface area contributed by atoms with Crippen molar-refractivity contribution in [2.24, 2.45) is 0 Å². The Morgan fingerprint density at radius 1 is 1.00 bits per heavy atom. The third-order valence-electron chi connectivity index (χ3n) is 5.07. The van der Waals surface area contributed by atoms with Crippen LogP contribution in [0.5, 0.6) is 5.75 Å². The molecule has 5 unspecified atom stereocenters. The lowest BCUT2D eigenvalue weighted by atomic mass is 9.90. The maximum Gasteiger partial charge on any atom is 0.119 e. The zero-order valence-electron chi connectivity index (χ0n) is 16.5. The van der Waals surface area contributed by atoms with Gasteiger partial charge in [0.2, 0.25) is 0 Å². The smallest absolute Gasteiger partial charge is 0.119 e. The number of benzene rings is 2. The van der Waals surface area contributed by atoms with E-state index >= 15 is 0 Å². The van der Waals surface area contributed by atoms with Gasteiger partial charge in [-0.1, -0.05) is 35.9 Å². The van der Waals surface area contributed by atoms with Gasteiger partial charge in [0.25, 0.3) is 0 Å². The Morgan fingerprint density at radius 3 is 2.38 bits per heavy atom. The summed E-state index contributed by atoms with van der Waals surface area (Å²) >= 11 is 6.40. The molecule has 0 aliphatic carbocycles. The number of halogens is 1. The SMILES string of the molecule is CCOc1ccc(Cc2cc(C3OC(COC)C(O)C(O)C3O)ccc2Cl)cc1. The fourth-order valence-corrected chi connectivity index (χ4v) is 3.71. The Hall–Kier alpha value is -1.67. The van der Waals surface area contributed by atoms with Crippen LogP contribution in [0.15, 0.2) is 42.5 Å². The summed E-state index contributed by atoms with van der Waals surface area (Å²) in [6.07, 6.45) is -4.78. The second-order valence-electron chi connectivity index (χ2n) is 7.13. The molecule has 2 aromatic rings. The van der Waals surface area contributed by atoms with Crippen molar-refractivity contribution in [1.82, 2.24) is 0 Å². The molecule has 3 N–H and O–H groups in total. The molecule has 29 heavy (non-hydrogen) atoms. The molecule has 158 valence electrons. The van der Waals surface area contributed by atoms with E-state index in [2.05, 4.69) is 0 Å². The molecule has 1 aliphatic heterocycles. The average molecular weight is 423 g/mol. The number of aliphatic hydroxyl groups is 3. The molecular weight excluding hydrogens is 396 g/mol. The van der Waals surface area contributed by atoms with Crippen LogP contribution in [-0.4, -0.2) is 60.1 Å². The van der Waals surface area contributed by atoms with Crippen LogP contribution in [0.4, 0.5) is 0 Å². The van der Waals surface area contributed by atoms with E-state index in [1.165, 1.54) is 7.11 Å². The molecule has 0 amide bonds. The van der Waals surface area contributed by atoms with Crippen LogP contribution in [0.3, 0.4) is 0 Å². The van der Waals surface area contributed by atoms with Gasteiger partial charge in [0.05, 0.1) is 13.2 Å². The van der Waals surface area contributed by atoms with Crippen LogP contribution in [-0.2, 0) is 15.9 Å². The fraction of sp³-hybridized carbons (Fsp3) is 0.455. The van der Waals surface area contributed by atoms with E-state index in [1.807, 2.05) is 37.3 Å². The first-order valence-electron chi connectivity index (χ1n) is 9.63. The number of ether oxygens (including phenoxy) is 3. The molecule has 0 radical (unpaired) electrons. The van der Waals surface area contributed by atoms with E-state index < -0.39 is 30.5 Å². The van der Waals surface area contributed by atoms with Gasteiger partial charge in [-0.2, -0.15) is 0 Å². The minimum atomic E-state index is -1.33. The van der Waals surface area contributed by atoms with E-state index in [0.29, 0.717) is 23.6 Å². The van der Waals surface area contributed by atoms with Gasteiger partial charge in [0.15, 0.2) is 0 Å². The van der Waals surface area contributed by atoms with Gasteiger partial charge < -0.3 is 29.5 Å². The Labute approximate surface area is 175 Å². The molecule has 5 atom stereocenters. The summed E-state index contributed by atoms with van der Waals surface area (Å²) in [4.78, 5) is 0. The van der Waals surface area contributed by atoms with Crippen LogP contribution in [0, 0.1) is 0 Å². The van der Waals surface area contributed by atoms with Crippen molar-refractivity contribution in [3.8, 4) is 5.75 Å². The quantitative estimate of drug-likeness (QED) is 0.635. The molecule has 6 nitrogen and oxygen atoms in total. The average Bonchev–Trinajstić information content (AvgIpc) is 2.72. The summed E-state index contributed by atoms with van der Waals surface area (Å²) in [6, 6.07) is 13.2. The van der Waals surface area contributed by atoms with Gasteiger partial charge in [-0.05, 0) is 48.2 Å². The van der Waals surface area contributed by atoms with Crippen molar-refractivity contribution >= 4 is 11.6 Å². The van der Waals surface area contributed by atoms with E-state index in [-0.39, 0.29) is 6.61 Å². The Morgan fingerprint density at radius 2 is 1.72 bits per heavy atom. The Kier molecular flexibility index (Phi) is 7.51. The molecule has 1 saturated heterocycles. The maximum atomic E-state index is 10.5. The minimum Gasteiger partial charge on any atom is -0.494 e. The highest BCUT2D eigenvalue weighted by atomic mass is 35.5. The molecular formula is C22H27ClO6. The third-order valence-corrected chi connectivity index (χ3v) is 5.44. The lowest BCUT2D eigenvalue weighted by molar-refractivity contribution is -0.233. The lowest BCUT2D eigenvalue weighted by Gasteiger charge is -2.40. The minimum absolute atomic E-state index is 0.105. The molecule has 7 heteroatoms. The number of hydrogen-bond acceptors (Lipinski definition) is 6. The van der Waals surface area contributed by atoms with E-state index in [1.54, 1.807) is 12.1 Å². The molecule has 0 bridgehead atoms. The fourth-order valence-electron chi connectivity index (χ4n) is 3.53. The zero-order chi connectivity index (χ0) is 21.0. The predicted octanol–water partition coefficient (Wildman–Crippen LogP) is 2.50. The molecule has 1 fully saturated rings. The van der Waals surface area contributed by atoms with Crippen LogP contribution >= 0.6 is 11.6 Å². The van der Waals surface area contributed by atoms with E-state index in [9.17, 15) is 15.3 Å². The normalized spacial score (nSPS) is 27.0. The molecule has 3 rings (SSSR count). The van der Waals surface area contributed by atoms with Gasteiger partial charge >= 0.3 is 0 Å². The van der Waals surface area contributed by atoms with Crippen LogP contribution in [0.25, 0.3) is 0 Å². The molecule has 2 aromatic carbocycles. The van der Waals surface area contributed by atoms with Gasteiger partial charge in [-0.25, -0.2) is 0 Å². The topological polar surface area (TPSA) is 88.4 Å². The summed E-state index contributed by atoms with van der Waals surface area (Å²) in [6.45, 7) is 2.66. The molecule has 1 heterocycles. The largest absolute Gasteiger partial charge is 0.494 e. The monoisotopic (exact) mass is 422 g/mol. The molecule has 1 aliphatic rings. The summed E-state index contributed by atoms with van der Waals surface area (Å²) in [5.41, 5.74) is 2.60. The number of aliphatic hydroxyl groups excluding tert-OH is 3. The maximum absolute atomic E-state index is 10.5. The lowest BCUT2D eigenvalue weighted by Crippen LogP contribution is -2.55. The number of rotatable bonds is 7. The summed E-state index contributed by atoms with van der Waals surface area (Å²) < 4.78 is 16.4. The molecule has 0 aromatic heterocycles. The van der Waals surface area contributed by atoms with Crippen molar-refractivity contribution in [3.63, 3.8) is 0 Å². The van der Waals surface area contributed by atoms with Crippen molar-refractivity contribution in [3.05, 3.63) is 64.2 Å². The van der Waals surface area contributed by atoms with Crippen molar-refractivity contribution in [2.75, 3.05) is 20.3 Å². The summed E-state index contributed by atoms with van der Waals surface area (Å²) in [5, 5.41) is 31.4. The Bertz CT molecular complexity index is 796. The zero-order valence-corrected chi connectivity index (χ0v) is 17.2.